The predicted octanol–water partition coefficient (Wildman–Crippen LogP) is 3.26. The lowest BCUT2D eigenvalue weighted by Crippen LogP contribution is -2.57. The van der Waals surface area contributed by atoms with Crippen molar-refractivity contribution in [1.82, 2.24) is 29.4 Å². The molecule has 2 aliphatic heterocycles. The highest BCUT2D eigenvalue weighted by atomic mass is 19.1. The summed E-state index contributed by atoms with van der Waals surface area (Å²) in [7, 11) is 3.55. The minimum absolute atomic E-state index is 0.0234. The molecule has 8 nitrogen and oxygen atoms in total. The second kappa shape index (κ2) is 9.25. The third-order valence-electron chi connectivity index (χ3n) is 7.53. The summed E-state index contributed by atoms with van der Waals surface area (Å²) in [6.45, 7) is 4.95. The van der Waals surface area contributed by atoms with Crippen LogP contribution in [0.2, 0.25) is 0 Å². The lowest BCUT2D eigenvalue weighted by atomic mass is 10.00. The van der Waals surface area contributed by atoms with Gasteiger partial charge in [-0.2, -0.15) is 5.10 Å². The molecular weight excluding hydrogens is 464 g/mol. The summed E-state index contributed by atoms with van der Waals surface area (Å²) in [5.41, 5.74) is 3.68. The number of piperazine rings is 1. The van der Waals surface area contributed by atoms with Crippen molar-refractivity contribution >= 4 is 22.2 Å². The van der Waals surface area contributed by atoms with E-state index < -0.39 is 12.0 Å². The van der Waals surface area contributed by atoms with Gasteiger partial charge >= 0.3 is 0 Å². The van der Waals surface area contributed by atoms with Gasteiger partial charge in [-0.05, 0) is 31.2 Å². The van der Waals surface area contributed by atoms with Crippen molar-refractivity contribution in [1.29, 1.82) is 0 Å². The fourth-order valence-corrected chi connectivity index (χ4v) is 5.45. The Bertz CT molecular complexity index is 1400. The molecule has 2 unspecified atom stereocenters. The van der Waals surface area contributed by atoms with Crippen molar-refractivity contribution in [3.8, 4) is 16.9 Å². The SMILES string of the molecule is COc1cc2c(-c3cnn4cc(N5CCC(N6CCN(C)CC6)C(F)C5)cnc34)ccnc2cc1F. The molecule has 0 amide bonds. The van der Waals surface area contributed by atoms with Crippen molar-refractivity contribution in [2.75, 3.05) is 58.3 Å². The molecule has 5 heterocycles. The summed E-state index contributed by atoms with van der Waals surface area (Å²) in [6.07, 6.45) is 6.95. The molecule has 2 aliphatic rings. The van der Waals surface area contributed by atoms with E-state index in [1.165, 1.54) is 13.2 Å². The van der Waals surface area contributed by atoms with E-state index in [2.05, 4.69) is 31.8 Å². The highest BCUT2D eigenvalue weighted by molar-refractivity contribution is 5.98. The molecule has 2 atom stereocenters. The second-order valence-corrected chi connectivity index (χ2v) is 9.66. The summed E-state index contributed by atoms with van der Waals surface area (Å²) < 4.78 is 36.4. The number of hydrogen-bond acceptors (Lipinski definition) is 7. The van der Waals surface area contributed by atoms with Gasteiger partial charge < -0.3 is 14.5 Å². The zero-order valence-corrected chi connectivity index (χ0v) is 20.4. The van der Waals surface area contributed by atoms with Gasteiger partial charge in [-0.1, -0.05) is 0 Å². The molecule has 2 saturated heterocycles. The Hall–Kier alpha value is -3.37. The highest BCUT2D eigenvalue weighted by Gasteiger charge is 2.35. The summed E-state index contributed by atoms with van der Waals surface area (Å²) in [4.78, 5) is 15.7. The van der Waals surface area contributed by atoms with Crippen LogP contribution in [0.4, 0.5) is 14.5 Å². The van der Waals surface area contributed by atoms with E-state index in [0.717, 1.165) is 61.3 Å². The van der Waals surface area contributed by atoms with Crippen LogP contribution >= 0.6 is 0 Å². The molecule has 2 fully saturated rings. The Labute approximate surface area is 208 Å². The molecule has 188 valence electrons. The number of hydrogen-bond donors (Lipinski definition) is 0. The lowest BCUT2D eigenvalue weighted by Gasteiger charge is -2.44. The topological polar surface area (TPSA) is 62.0 Å². The lowest BCUT2D eigenvalue weighted by molar-refractivity contribution is 0.0532. The maximum atomic E-state index is 15.3. The molecule has 0 radical (unpaired) electrons. The van der Waals surface area contributed by atoms with Gasteiger partial charge in [0.1, 0.15) is 6.17 Å². The van der Waals surface area contributed by atoms with Gasteiger partial charge in [0.25, 0.3) is 0 Å². The highest BCUT2D eigenvalue weighted by Crippen LogP contribution is 2.34. The largest absolute Gasteiger partial charge is 0.494 e. The molecule has 10 heteroatoms. The number of fused-ring (bicyclic) bond motifs is 2. The molecule has 0 N–H and O–H groups in total. The van der Waals surface area contributed by atoms with Crippen molar-refractivity contribution in [2.45, 2.75) is 18.6 Å². The maximum Gasteiger partial charge on any atom is 0.167 e. The predicted molar refractivity (Wildman–Crippen MR) is 135 cm³/mol. The summed E-state index contributed by atoms with van der Waals surface area (Å²) in [6, 6.07) is 4.86. The molecule has 0 bridgehead atoms. The minimum atomic E-state index is -0.912. The number of benzene rings is 1. The first-order valence-corrected chi connectivity index (χ1v) is 12.3. The van der Waals surface area contributed by atoms with Gasteiger partial charge in [0, 0.05) is 62.0 Å². The molecule has 0 saturated carbocycles. The number of piperidine rings is 1. The molecule has 0 spiro atoms. The normalized spacial score (nSPS) is 21.9. The van der Waals surface area contributed by atoms with Crippen LogP contribution in [0, 0.1) is 5.82 Å². The van der Waals surface area contributed by atoms with Gasteiger partial charge in [0.2, 0.25) is 0 Å². The first-order chi connectivity index (χ1) is 17.5. The quantitative estimate of drug-likeness (QED) is 0.433. The smallest absolute Gasteiger partial charge is 0.167 e. The fraction of sp³-hybridized carbons (Fsp3) is 0.423. The number of alkyl halides is 1. The molecule has 3 aromatic heterocycles. The average Bonchev–Trinajstić information content (AvgIpc) is 3.31. The summed E-state index contributed by atoms with van der Waals surface area (Å²) in [5, 5.41) is 5.28. The van der Waals surface area contributed by atoms with Gasteiger partial charge in [-0.3, -0.25) is 9.88 Å². The molecule has 1 aromatic carbocycles. The monoisotopic (exact) mass is 493 g/mol. The Balaban J connectivity index is 1.26. The first-order valence-electron chi connectivity index (χ1n) is 12.3. The Kier molecular flexibility index (Phi) is 5.93. The number of likely N-dealkylation sites (N-methyl/N-ethyl adjacent to an activating group) is 1. The Morgan fingerprint density at radius 3 is 2.64 bits per heavy atom. The minimum Gasteiger partial charge on any atom is -0.494 e. The molecule has 0 aliphatic carbocycles. The van der Waals surface area contributed by atoms with Crippen LogP contribution < -0.4 is 9.64 Å². The molecule has 36 heavy (non-hydrogen) atoms. The number of ether oxygens (including phenoxy) is 1. The average molecular weight is 494 g/mol. The number of rotatable bonds is 4. The number of methoxy groups -OCH3 is 1. The third kappa shape index (κ3) is 4.04. The Morgan fingerprint density at radius 1 is 1.03 bits per heavy atom. The second-order valence-electron chi connectivity index (χ2n) is 9.66. The van der Waals surface area contributed by atoms with Crippen molar-refractivity contribution in [2.24, 2.45) is 0 Å². The first kappa shape index (κ1) is 23.1. The van der Waals surface area contributed by atoms with Crippen LogP contribution in [-0.4, -0.2) is 95.0 Å². The number of anilines is 1. The zero-order chi connectivity index (χ0) is 24.8. The summed E-state index contributed by atoms with van der Waals surface area (Å²) >= 11 is 0. The van der Waals surface area contributed by atoms with Gasteiger partial charge in [0.05, 0.1) is 43.4 Å². The van der Waals surface area contributed by atoms with E-state index in [-0.39, 0.29) is 11.8 Å². The van der Waals surface area contributed by atoms with Crippen LogP contribution in [0.5, 0.6) is 5.75 Å². The van der Waals surface area contributed by atoms with Crippen molar-refractivity contribution in [3.63, 3.8) is 0 Å². The van der Waals surface area contributed by atoms with Crippen LogP contribution in [0.25, 0.3) is 27.7 Å². The van der Waals surface area contributed by atoms with Gasteiger partial charge in [0.15, 0.2) is 17.2 Å². The number of aromatic nitrogens is 4. The Morgan fingerprint density at radius 2 is 1.86 bits per heavy atom. The van der Waals surface area contributed by atoms with E-state index in [1.54, 1.807) is 29.2 Å². The molecule has 4 aromatic rings. The van der Waals surface area contributed by atoms with E-state index in [0.29, 0.717) is 17.7 Å². The number of pyridine rings is 1. The van der Waals surface area contributed by atoms with Crippen molar-refractivity contribution in [3.05, 3.63) is 48.8 Å². The van der Waals surface area contributed by atoms with E-state index in [9.17, 15) is 4.39 Å². The van der Waals surface area contributed by atoms with Crippen LogP contribution in [0.1, 0.15) is 6.42 Å². The van der Waals surface area contributed by atoms with E-state index >= 15 is 4.39 Å². The molecule has 6 rings (SSSR count). The standard InChI is InChI=1S/C26H29F2N7O/c1-32-7-9-33(10-8-32)24-4-6-34(16-22(24)28)17-13-30-26-20(14-31-35(26)15-17)18-3-5-29-23-12-21(27)25(36-2)11-19(18)23/h3,5,11-15,22,24H,4,6-10,16H2,1-2H3. The van der Waals surface area contributed by atoms with Crippen molar-refractivity contribution < 1.29 is 13.5 Å². The van der Waals surface area contributed by atoms with Gasteiger partial charge in [-0.25, -0.2) is 18.3 Å². The van der Waals surface area contributed by atoms with E-state index in [1.807, 2.05) is 12.3 Å². The van der Waals surface area contributed by atoms with Crippen LogP contribution in [0.3, 0.4) is 0 Å². The molecular formula is C26H29F2N7O. The van der Waals surface area contributed by atoms with Crippen LogP contribution in [0.15, 0.2) is 43.0 Å². The van der Waals surface area contributed by atoms with Crippen LogP contribution in [-0.2, 0) is 0 Å². The number of nitrogens with zero attached hydrogens (tertiary/aromatic N) is 7. The fourth-order valence-electron chi connectivity index (χ4n) is 5.45. The zero-order valence-electron chi connectivity index (χ0n) is 20.4. The summed E-state index contributed by atoms with van der Waals surface area (Å²) in [5.74, 6) is -0.302. The third-order valence-corrected chi connectivity index (χ3v) is 7.53. The number of halogens is 2. The van der Waals surface area contributed by atoms with E-state index in [4.69, 9.17) is 9.72 Å². The van der Waals surface area contributed by atoms with Gasteiger partial charge in [-0.15, -0.1) is 0 Å². The maximum absolute atomic E-state index is 15.3.